The average molecular weight is 1450 g/mol. The zero-order valence-corrected chi connectivity index (χ0v) is 63.8. The molecule has 20 fully saturated rings. The van der Waals surface area contributed by atoms with E-state index in [0.717, 1.165) is 205 Å². The van der Waals surface area contributed by atoms with Crippen LogP contribution in [0.2, 0.25) is 48.4 Å². The third-order valence-electron chi connectivity index (χ3n) is 27.0. The summed E-state index contributed by atoms with van der Waals surface area (Å²) in [6, 6.07) is 4.87. The maximum absolute atomic E-state index is 8.77. The summed E-state index contributed by atoms with van der Waals surface area (Å²) in [5.74, 6) is 3.52. The largest absolute Gasteiger partial charge is 0.478 e. The molecule has 0 spiro atoms. The van der Waals surface area contributed by atoms with Crippen molar-refractivity contribution in [1.29, 1.82) is 0 Å². The lowest BCUT2D eigenvalue weighted by Gasteiger charge is -2.59. The SMILES string of the molecule is C(CC1CCC2OC2C1)[Si]O[Si]1(CCC2CCC3OC3C2)O[Si]2(CCC3CCC4OC4C3)O[Si]3(CCC4CCC5OC5C4)O[Si]O[Si]4(CCC5CCC6OC6C5)O[Si](CCC5CCC6OC6C5)(O1)O[Si](CCC1CCC5OC5C1)(O2)O[Si](CCC1CCC2OC2C1)(O3)O4. The maximum atomic E-state index is 8.77. The Labute approximate surface area is 564 Å². The highest BCUT2D eigenvalue weighted by atomic mass is 28.6. The second kappa shape index (κ2) is 25.2. The fraction of sp³-hybridized carbons (Fsp3) is 1.00. The molecule has 0 N–H and O–H groups in total. The summed E-state index contributed by atoms with van der Waals surface area (Å²) in [5, 5.41) is 0. The van der Waals surface area contributed by atoms with E-state index in [-0.39, 0.29) is 9.76 Å². The van der Waals surface area contributed by atoms with Gasteiger partial charge in [0.05, 0.1) is 97.7 Å². The lowest BCUT2D eigenvalue weighted by atomic mass is 9.88. The summed E-state index contributed by atoms with van der Waals surface area (Å²) < 4.78 is 152. The van der Waals surface area contributed by atoms with E-state index < -0.39 is 71.6 Å². The van der Waals surface area contributed by atoms with Crippen molar-refractivity contribution in [3.63, 3.8) is 0 Å². The van der Waals surface area contributed by atoms with Crippen LogP contribution in [0.15, 0.2) is 0 Å². The number of ether oxygens (including phenoxy) is 8. The van der Waals surface area contributed by atoms with Gasteiger partial charge in [0.25, 0.3) is 0 Å². The molecule has 12 saturated heterocycles. The molecule has 0 amide bonds. The molecule has 20 rings (SSSR count). The Hall–Kier alpha value is 1.15. The van der Waals surface area contributed by atoms with Gasteiger partial charge in [-0.05, 0) is 252 Å². The molecule has 0 aromatic rings. The quantitative estimate of drug-likeness (QED) is 0.0448. The molecular formula is C64H104O20Si9. The minimum absolute atomic E-state index is 0.139. The van der Waals surface area contributed by atoms with Crippen molar-refractivity contribution in [3.8, 4) is 0 Å². The molecule has 8 aliphatic carbocycles. The summed E-state index contributed by atoms with van der Waals surface area (Å²) >= 11 is 0. The summed E-state index contributed by atoms with van der Waals surface area (Å²) in [4.78, 5) is 0. The Balaban J connectivity index is 0.743. The molecule has 20 aliphatic rings. The van der Waals surface area contributed by atoms with Gasteiger partial charge in [-0.1, -0.05) is 6.42 Å². The van der Waals surface area contributed by atoms with E-state index in [0.29, 0.717) is 187 Å². The standard InChI is InChI=1S/C64H104O20Si9/c1-9-49-57(65-49)33-41(1)17-25-85-73-87(26-18-42-2-10-50-58(34-42)66-50)76-90(29-21-45-5-13-53-61(37-45)69-53)78-88(27-19-43-3-11-51-59(35-43)67-51)74-86-75-89(28-20-44-4-12-52-60(36-44)68-52)79-91(77-87,30-22-46-6-14-54-62(38-46)70-54)83-93(82-90,32-24-48-8-16-56-64(40-48)72-56)84-92(80-88,81-89)31-23-47-7-15-55-63(39-47)71-55/h41-64H,1-40H2. The fourth-order valence-corrected chi connectivity index (χ4v) is 66.6. The number of rotatable bonds is 26. The monoisotopic (exact) mass is 1440 g/mol. The van der Waals surface area contributed by atoms with Crippen LogP contribution in [0, 0.1) is 47.3 Å². The molecule has 28 atom stereocenters. The highest BCUT2D eigenvalue weighted by Gasteiger charge is 2.79. The van der Waals surface area contributed by atoms with E-state index in [1.165, 1.54) is 6.42 Å². The van der Waals surface area contributed by atoms with Crippen LogP contribution in [-0.4, -0.2) is 179 Å². The normalized spacial score (nSPS) is 56.0. The second-order valence-electron chi connectivity index (χ2n) is 33.7. The third kappa shape index (κ3) is 14.2. The summed E-state index contributed by atoms with van der Waals surface area (Å²) in [6.07, 6.45) is 39.0. The minimum Gasteiger partial charge on any atom is -0.416 e. The molecule has 28 unspecified atom stereocenters. The molecule has 93 heavy (non-hydrogen) atoms. The van der Waals surface area contributed by atoms with Gasteiger partial charge in [-0.3, -0.25) is 0 Å². The van der Waals surface area contributed by atoms with Gasteiger partial charge in [0.2, 0.25) is 9.76 Å². The van der Waals surface area contributed by atoms with Crippen molar-refractivity contribution < 1.29 is 87.3 Å². The number of hydrogen-bond donors (Lipinski definition) is 0. The Morgan fingerprint density at radius 1 is 0.247 bits per heavy atom. The lowest BCUT2D eigenvalue weighted by Crippen LogP contribution is -2.83. The predicted molar refractivity (Wildman–Crippen MR) is 348 cm³/mol. The molecule has 0 aromatic heterocycles. The zero-order chi connectivity index (χ0) is 61.2. The van der Waals surface area contributed by atoms with Crippen LogP contribution in [-0.2, 0) is 87.3 Å². The number of epoxide rings is 8. The van der Waals surface area contributed by atoms with E-state index in [1.807, 2.05) is 0 Å². The number of fused-ring (bicyclic) bond motifs is 12. The molecule has 29 heteroatoms. The average Bonchev–Trinajstić information content (AvgIpc) is 1.69. The van der Waals surface area contributed by atoms with Crippen LogP contribution < -0.4 is 0 Å². The van der Waals surface area contributed by atoms with Crippen molar-refractivity contribution >= 4 is 81.4 Å². The summed E-state index contributed by atoms with van der Waals surface area (Å²) in [7, 11) is -29.5. The lowest BCUT2D eigenvalue weighted by molar-refractivity contribution is 0.000762. The molecule has 20 nitrogen and oxygen atoms in total. The summed E-state index contributed by atoms with van der Waals surface area (Å²) in [5.41, 5.74) is 0. The smallest absolute Gasteiger partial charge is 0.416 e. The topological polar surface area (TPSA) is 211 Å². The highest BCUT2D eigenvalue weighted by molar-refractivity contribution is 7.00. The Kier molecular flexibility index (Phi) is 17.3. The van der Waals surface area contributed by atoms with E-state index >= 15 is 0 Å². The molecule has 4 radical (unpaired) electrons. The van der Waals surface area contributed by atoms with Crippen molar-refractivity contribution in [2.45, 2.75) is 351 Å². The van der Waals surface area contributed by atoms with E-state index in [1.54, 1.807) is 0 Å². The van der Waals surface area contributed by atoms with E-state index in [2.05, 4.69) is 0 Å². The van der Waals surface area contributed by atoms with Gasteiger partial charge < -0.3 is 87.3 Å². The fourth-order valence-electron chi connectivity index (χ4n) is 20.9. The molecule has 8 saturated carbocycles. The first-order valence-electron chi connectivity index (χ1n) is 38.5. The molecular weight excluding hydrogens is 1340 g/mol. The Bertz CT molecular complexity index is 2630. The van der Waals surface area contributed by atoms with Gasteiger partial charge in [-0.15, -0.1) is 0 Å². The Morgan fingerprint density at radius 3 is 0.742 bits per heavy atom. The van der Waals surface area contributed by atoms with Gasteiger partial charge in [-0.25, -0.2) is 0 Å². The van der Waals surface area contributed by atoms with Crippen LogP contribution >= 0.6 is 0 Å². The number of hydrogen-bond acceptors (Lipinski definition) is 20. The van der Waals surface area contributed by atoms with Crippen molar-refractivity contribution in [2.75, 3.05) is 0 Å². The van der Waals surface area contributed by atoms with Crippen LogP contribution in [0.3, 0.4) is 0 Å². The van der Waals surface area contributed by atoms with Crippen LogP contribution in [0.1, 0.15) is 205 Å². The molecule has 6 bridgehead atoms. The van der Waals surface area contributed by atoms with Crippen molar-refractivity contribution in [1.82, 2.24) is 0 Å². The molecule has 516 valence electrons. The van der Waals surface area contributed by atoms with Crippen molar-refractivity contribution in [3.05, 3.63) is 0 Å². The second-order valence-corrected chi connectivity index (χ2v) is 57.5. The molecule has 12 aliphatic heterocycles. The van der Waals surface area contributed by atoms with Crippen LogP contribution in [0.4, 0.5) is 0 Å². The highest BCUT2D eigenvalue weighted by Crippen LogP contribution is 2.57. The predicted octanol–water partition coefficient (Wildman–Crippen LogP) is 11.0. The van der Waals surface area contributed by atoms with Gasteiger partial charge in [0.15, 0.2) is 0 Å². The molecule has 0 aromatic carbocycles. The molecule has 12 heterocycles. The van der Waals surface area contributed by atoms with Crippen molar-refractivity contribution in [2.24, 2.45) is 47.3 Å². The Morgan fingerprint density at radius 2 is 0.473 bits per heavy atom. The maximum Gasteiger partial charge on any atom is 0.478 e. The summed E-state index contributed by atoms with van der Waals surface area (Å²) in [6.45, 7) is 0. The zero-order valence-electron chi connectivity index (χ0n) is 54.8. The van der Waals surface area contributed by atoms with Crippen LogP contribution in [0.25, 0.3) is 0 Å². The first-order valence-corrected chi connectivity index (χ1v) is 54.0. The van der Waals surface area contributed by atoms with Crippen LogP contribution in [0.5, 0.6) is 0 Å². The van der Waals surface area contributed by atoms with Gasteiger partial charge in [0.1, 0.15) is 0 Å². The van der Waals surface area contributed by atoms with E-state index in [9.17, 15) is 0 Å². The van der Waals surface area contributed by atoms with Gasteiger partial charge in [-0.2, -0.15) is 0 Å². The third-order valence-corrected chi connectivity index (χ3v) is 61.2. The van der Waals surface area contributed by atoms with E-state index in [4.69, 9.17) is 87.3 Å². The first kappa shape index (κ1) is 63.8. The van der Waals surface area contributed by atoms with Gasteiger partial charge in [0, 0.05) is 42.3 Å². The van der Waals surface area contributed by atoms with Gasteiger partial charge >= 0.3 is 71.6 Å². The first-order chi connectivity index (χ1) is 45.4. The minimum atomic E-state index is -4.26.